The van der Waals surface area contributed by atoms with Gasteiger partial charge in [-0.2, -0.15) is 0 Å². The van der Waals surface area contributed by atoms with Crippen molar-refractivity contribution in [2.75, 3.05) is 45.0 Å². The van der Waals surface area contributed by atoms with Crippen LogP contribution < -0.4 is 9.64 Å². The highest BCUT2D eigenvalue weighted by atomic mass is 16.6. The number of nitrogens with zero attached hydrogens (tertiary/aromatic N) is 2. The number of esters is 1. The predicted molar refractivity (Wildman–Crippen MR) is 166 cm³/mol. The van der Waals surface area contributed by atoms with Gasteiger partial charge in [-0.25, -0.2) is 0 Å². The van der Waals surface area contributed by atoms with Gasteiger partial charge in [-0.05, 0) is 96.3 Å². The highest BCUT2D eigenvalue weighted by Gasteiger charge is 2.46. The number of benzene rings is 1. The zero-order valence-electron chi connectivity index (χ0n) is 27.0. The number of hydrogen-bond donors (Lipinski definition) is 0. The molecular formula is C34H52N2O7. The number of aryl methyl sites for hydroxylation is 1. The van der Waals surface area contributed by atoms with Crippen LogP contribution in [0.3, 0.4) is 0 Å². The lowest BCUT2D eigenvalue weighted by Crippen LogP contribution is -2.57. The molecule has 2 amide bonds. The molecule has 1 atom stereocenters. The fourth-order valence-corrected chi connectivity index (χ4v) is 6.67. The van der Waals surface area contributed by atoms with Crippen molar-refractivity contribution in [3.05, 3.63) is 23.3 Å². The minimum atomic E-state index is -1.37. The summed E-state index contributed by atoms with van der Waals surface area (Å²) in [4.78, 5) is 44.5. The van der Waals surface area contributed by atoms with Gasteiger partial charge in [-0.1, -0.05) is 19.3 Å². The van der Waals surface area contributed by atoms with Crippen LogP contribution in [0.15, 0.2) is 12.1 Å². The van der Waals surface area contributed by atoms with Crippen LogP contribution in [0.5, 0.6) is 5.75 Å². The molecule has 240 valence electrons. The van der Waals surface area contributed by atoms with E-state index in [1.807, 2.05) is 24.0 Å². The number of amides is 2. The summed E-state index contributed by atoms with van der Waals surface area (Å²) >= 11 is 0. The molecular weight excluding hydrogens is 548 g/mol. The first-order chi connectivity index (χ1) is 20.6. The van der Waals surface area contributed by atoms with Gasteiger partial charge in [0, 0.05) is 57.5 Å². The minimum Gasteiger partial charge on any atom is -0.472 e. The predicted octanol–water partition coefficient (Wildman–Crippen LogP) is 5.84. The number of carbonyl (C=O) groups excluding carboxylic acids is 3. The molecule has 3 aliphatic rings. The molecule has 2 aliphatic heterocycles. The van der Waals surface area contributed by atoms with Gasteiger partial charge in [0.05, 0.1) is 5.69 Å². The van der Waals surface area contributed by atoms with E-state index in [1.54, 1.807) is 18.9 Å². The molecule has 43 heavy (non-hydrogen) atoms. The number of rotatable bonds is 13. The summed E-state index contributed by atoms with van der Waals surface area (Å²) in [6.45, 7) is 10.1. The SMILES string of the molecule is COCCCCN1C(=O)C(C)(COC(=O)CCC2CCOCC2)Oc2cc(C)c(C(=O)N(C(C)C)C3CCCCC3)cc21. The van der Waals surface area contributed by atoms with E-state index < -0.39 is 5.60 Å². The first-order valence-electron chi connectivity index (χ1n) is 16.3. The number of methoxy groups -OCH3 is 1. The maximum absolute atomic E-state index is 14.1. The molecule has 1 saturated heterocycles. The van der Waals surface area contributed by atoms with Gasteiger partial charge in [0.15, 0.2) is 0 Å². The van der Waals surface area contributed by atoms with Gasteiger partial charge in [0.2, 0.25) is 5.60 Å². The average molecular weight is 601 g/mol. The molecule has 0 bridgehead atoms. The Morgan fingerprint density at radius 2 is 1.81 bits per heavy atom. The summed E-state index contributed by atoms with van der Waals surface area (Å²) < 4.78 is 22.6. The first-order valence-corrected chi connectivity index (χ1v) is 16.3. The first kappa shape index (κ1) is 33.2. The molecule has 2 heterocycles. The average Bonchev–Trinajstić information content (AvgIpc) is 3.00. The van der Waals surface area contributed by atoms with Crippen molar-refractivity contribution < 1.29 is 33.3 Å². The van der Waals surface area contributed by atoms with Crippen molar-refractivity contribution in [2.24, 2.45) is 5.92 Å². The van der Waals surface area contributed by atoms with Crippen molar-refractivity contribution in [1.29, 1.82) is 0 Å². The standard InChI is InChI=1S/C34H52N2O7/c1-24(2)36(27-11-7-6-8-12-27)32(38)28-22-29-30(21-25(28)3)43-34(4,33(39)35(29)17-9-10-18-40-5)23-42-31(37)14-13-26-15-19-41-20-16-26/h21-22,24,26-27H,6-20,23H2,1-5H3. The van der Waals surface area contributed by atoms with Crippen molar-refractivity contribution >= 4 is 23.5 Å². The van der Waals surface area contributed by atoms with E-state index >= 15 is 0 Å². The number of hydrogen-bond acceptors (Lipinski definition) is 7. The summed E-state index contributed by atoms with van der Waals surface area (Å²) in [5, 5.41) is 0. The van der Waals surface area contributed by atoms with Crippen molar-refractivity contribution in [2.45, 2.75) is 116 Å². The molecule has 1 unspecified atom stereocenters. The highest BCUT2D eigenvalue weighted by Crippen LogP contribution is 2.41. The fourth-order valence-electron chi connectivity index (χ4n) is 6.67. The molecule has 1 aliphatic carbocycles. The fraction of sp³-hybridized carbons (Fsp3) is 0.735. The van der Waals surface area contributed by atoms with Gasteiger partial charge in [-0.15, -0.1) is 0 Å². The van der Waals surface area contributed by atoms with Gasteiger partial charge in [0.25, 0.3) is 11.8 Å². The summed E-state index contributed by atoms with van der Waals surface area (Å²) in [5.74, 6) is 0.388. The van der Waals surface area contributed by atoms with Crippen LogP contribution in [-0.2, 0) is 23.8 Å². The Bertz CT molecular complexity index is 1110. The maximum atomic E-state index is 14.1. The number of anilines is 1. The molecule has 2 fully saturated rings. The molecule has 1 saturated carbocycles. The molecule has 0 N–H and O–H groups in total. The van der Waals surface area contributed by atoms with Gasteiger partial charge < -0.3 is 28.7 Å². The Labute approximate surface area is 257 Å². The molecule has 9 nitrogen and oxygen atoms in total. The van der Waals surface area contributed by atoms with Crippen molar-refractivity contribution in [3.8, 4) is 5.75 Å². The summed E-state index contributed by atoms with van der Waals surface area (Å²) in [6, 6.07) is 3.99. The topological polar surface area (TPSA) is 94.6 Å². The van der Waals surface area contributed by atoms with E-state index in [0.29, 0.717) is 42.5 Å². The van der Waals surface area contributed by atoms with Crippen LogP contribution in [0.4, 0.5) is 5.69 Å². The van der Waals surface area contributed by atoms with E-state index in [9.17, 15) is 14.4 Å². The summed E-state index contributed by atoms with van der Waals surface area (Å²) in [5.41, 5.74) is 0.619. The molecule has 1 aromatic carbocycles. The molecule has 0 aromatic heterocycles. The monoisotopic (exact) mass is 600 g/mol. The lowest BCUT2D eigenvalue weighted by molar-refractivity contribution is -0.154. The van der Waals surface area contributed by atoms with Crippen molar-refractivity contribution in [3.63, 3.8) is 0 Å². The van der Waals surface area contributed by atoms with E-state index in [-0.39, 0.29) is 36.5 Å². The lowest BCUT2D eigenvalue weighted by atomic mass is 9.92. The van der Waals surface area contributed by atoms with E-state index in [0.717, 1.165) is 76.6 Å². The third-order valence-electron chi connectivity index (χ3n) is 9.21. The number of fused-ring (bicyclic) bond motifs is 1. The number of carbonyl (C=O) groups is 3. The molecule has 1 aromatic rings. The largest absolute Gasteiger partial charge is 0.472 e. The molecule has 4 rings (SSSR count). The van der Waals surface area contributed by atoms with E-state index in [1.165, 1.54) is 6.42 Å². The summed E-state index contributed by atoms with van der Waals surface area (Å²) in [6.07, 6.45) is 10.0. The Morgan fingerprint density at radius 3 is 2.49 bits per heavy atom. The Hall–Kier alpha value is -2.65. The molecule has 0 spiro atoms. The second kappa shape index (κ2) is 15.4. The normalized spacial score (nSPS) is 21.4. The van der Waals surface area contributed by atoms with Gasteiger partial charge in [-0.3, -0.25) is 14.4 Å². The Kier molecular flexibility index (Phi) is 11.9. The lowest BCUT2D eigenvalue weighted by Gasteiger charge is -2.41. The second-order valence-corrected chi connectivity index (χ2v) is 13.0. The minimum absolute atomic E-state index is 0.000718. The number of ether oxygens (including phenoxy) is 4. The third kappa shape index (κ3) is 8.29. The van der Waals surface area contributed by atoms with Crippen LogP contribution in [0.2, 0.25) is 0 Å². The van der Waals surface area contributed by atoms with Crippen molar-refractivity contribution in [1.82, 2.24) is 4.90 Å². The van der Waals surface area contributed by atoms with Crippen LogP contribution in [0.25, 0.3) is 0 Å². The van der Waals surface area contributed by atoms with Crippen LogP contribution in [0, 0.1) is 12.8 Å². The van der Waals surface area contributed by atoms with Gasteiger partial charge >= 0.3 is 5.97 Å². The zero-order valence-corrected chi connectivity index (χ0v) is 27.0. The highest BCUT2D eigenvalue weighted by molar-refractivity contribution is 6.05. The van der Waals surface area contributed by atoms with Crippen LogP contribution in [-0.4, -0.2) is 80.5 Å². The van der Waals surface area contributed by atoms with E-state index in [4.69, 9.17) is 18.9 Å². The zero-order chi connectivity index (χ0) is 31.0. The molecule has 9 heteroatoms. The Balaban J connectivity index is 1.55. The van der Waals surface area contributed by atoms with Crippen LogP contribution >= 0.6 is 0 Å². The third-order valence-corrected chi connectivity index (χ3v) is 9.21. The number of unbranched alkanes of at least 4 members (excludes halogenated alkanes) is 1. The van der Waals surface area contributed by atoms with Crippen LogP contribution in [0.1, 0.15) is 107 Å². The smallest absolute Gasteiger partial charge is 0.305 e. The quantitative estimate of drug-likeness (QED) is 0.207. The van der Waals surface area contributed by atoms with Gasteiger partial charge in [0.1, 0.15) is 12.4 Å². The van der Waals surface area contributed by atoms with E-state index in [2.05, 4.69) is 13.8 Å². The Morgan fingerprint density at radius 1 is 1.09 bits per heavy atom. The maximum Gasteiger partial charge on any atom is 0.305 e. The second-order valence-electron chi connectivity index (χ2n) is 13.0. The summed E-state index contributed by atoms with van der Waals surface area (Å²) in [7, 11) is 1.66. The molecule has 0 radical (unpaired) electrons.